The monoisotopic (exact) mass is 198 g/mol. The van der Waals surface area contributed by atoms with E-state index in [1.807, 2.05) is 4.90 Å². The van der Waals surface area contributed by atoms with E-state index < -0.39 is 0 Å². The molecule has 3 heteroatoms. The molecule has 0 aromatic rings. The van der Waals surface area contributed by atoms with Gasteiger partial charge in [0.1, 0.15) is 0 Å². The van der Waals surface area contributed by atoms with Crippen molar-refractivity contribution in [1.82, 2.24) is 10.2 Å². The number of rotatable bonds is 5. The van der Waals surface area contributed by atoms with Crippen LogP contribution in [0.3, 0.4) is 0 Å². The number of amides is 1. The van der Waals surface area contributed by atoms with E-state index in [4.69, 9.17) is 0 Å². The van der Waals surface area contributed by atoms with E-state index in [1.54, 1.807) is 0 Å². The fourth-order valence-electron chi connectivity index (χ4n) is 1.79. The van der Waals surface area contributed by atoms with Crippen LogP contribution < -0.4 is 5.32 Å². The SMILES string of the molecule is CCCCN1CNC(C(C)CC)C1=O. The molecule has 3 nitrogen and oxygen atoms in total. The highest BCUT2D eigenvalue weighted by molar-refractivity contribution is 5.84. The van der Waals surface area contributed by atoms with Gasteiger partial charge >= 0.3 is 0 Å². The third-order valence-corrected chi connectivity index (χ3v) is 3.07. The van der Waals surface area contributed by atoms with Gasteiger partial charge in [-0.15, -0.1) is 0 Å². The number of hydrogen-bond donors (Lipinski definition) is 1. The first-order valence-corrected chi connectivity index (χ1v) is 5.72. The van der Waals surface area contributed by atoms with Crippen LogP contribution in [0.25, 0.3) is 0 Å². The minimum Gasteiger partial charge on any atom is -0.329 e. The van der Waals surface area contributed by atoms with Crippen molar-refractivity contribution in [1.29, 1.82) is 0 Å². The molecule has 82 valence electrons. The molecule has 1 aliphatic heterocycles. The van der Waals surface area contributed by atoms with Crippen LogP contribution in [0.5, 0.6) is 0 Å². The molecule has 14 heavy (non-hydrogen) atoms. The first-order chi connectivity index (χ1) is 6.70. The number of nitrogens with one attached hydrogen (secondary N) is 1. The van der Waals surface area contributed by atoms with Gasteiger partial charge in [0.25, 0.3) is 0 Å². The molecule has 2 unspecified atom stereocenters. The fourth-order valence-corrected chi connectivity index (χ4v) is 1.79. The smallest absolute Gasteiger partial charge is 0.241 e. The zero-order valence-electron chi connectivity index (χ0n) is 9.55. The van der Waals surface area contributed by atoms with Crippen LogP contribution in [-0.2, 0) is 4.79 Å². The Bertz CT molecular complexity index is 194. The Balaban J connectivity index is 2.43. The lowest BCUT2D eigenvalue weighted by atomic mass is 9.99. The average molecular weight is 198 g/mol. The van der Waals surface area contributed by atoms with Crippen LogP contribution >= 0.6 is 0 Å². The molecule has 1 heterocycles. The van der Waals surface area contributed by atoms with E-state index in [2.05, 4.69) is 26.1 Å². The average Bonchev–Trinajstić information content (AvgIpc) is 2.56. The molecular weight excluding hydrogens is 176 g/mol. The lowest BCUT2D eigenvalue weighted by Gasteiger charge is -2.17. The number of carbonyl (C=O) groups is 1. The summed E-state index contributed by atoms with van der Waals surface area (Å²) in [6.45, 7) is 8.08. The second-order valence-corrected chi connectivity index (χ2v) is 4.18. The van der Waals surface area contributed by atoms with Crippen molar-refractivity contribution in [3.05, 3.63) is 0 Å². The highest BCUT2D eigenvalue weighted by atomic mass is 16.2. The van der Waals surface area contributed by atoms with Gasteiger partial charge in [-0.05, 0) is 12.3 Å². The van der Waals surface area contributed by atoms with Crippen molar-refractivity contribution in [2.45, 2.75) is 46.1 Å². The number of carbonyl (C=O) groups excluding carboxylic acids is 1. The molecule has 0 aliphatic carbocycles. The highest BCUT2D eigenvalue weighted by Gasteiger charge is 2.33. The van der Waals surface area contributed by atoms with Gasteiger partial charge in [0.05, 0.1) is 12.7 Å². The van der Waals surface area contributed by atoms with Crippen LogP contribution in [-0.4, -0.2) is 30.1 Å². The summed E-state index contributed by atoms with van der Waals surface area (Å²) in [6, 6.07) is 0.0665. The van der Waals surface area contributed by atoms with E-state index in [0.717, 1.165) is 32.5 Å². The summed E-state index contributed by atoms with van der Waals surface area (Å²) in [5, 5.41) is 3.29. The third-order valence-electron chi connectivity index (χ3n) is 3.07. The minimum atomic E-state index is 0.0665. The predicted octanol–water partition coefficient (Wildman–Crippen LogP) is 1.59. The van der Waals surface area contributed by atoms with E-state index >= 15 is 0 Å². The molecule has 2 atom stereocenters. The Labute approximate surface area is 86.9 Å². The molecule has 1 fully saturated rings. The second kappa shape index (κ2) is 5.35. The van der Waals surface area contributed by atoms with Gasteiger partial charge in [-0.1, -0.05) is 33.6 Å². The maximum absolute atomic E-state index is 11.9. The molecule has 0 radical (unpaired) electrons. The Morgan fingerprint density at radius 1 is 1.57 bits per heavy atom. The summed E-state index contributed by atoms with van der Waals surface area (Å²) in [5.41, 5.74) is 0. The van der Waals surface area contributed by atoms with Gasteiger partial charge in [-0.2, -0.15) is 0 Å². The largest absolute Gasteiger partial charge is 0.329 e. The van der Waals surface area contributed by atoms with Crippen molar-refractivity contribution in [2.75, 3.05) is 13.2 Å². The molecule has 0 bridgehead atoms. The normalized spacial score (nSPS) is 24.4. The first kappa shape index (κ1) is 11.5. The van der Waals surface area contributed by atoms with Crippen molar-refractivity contribution in [3.8, 4) is 0 Å². The zero-order valence-corrected chi connectivity index (χ0v) is 9.55. The number of unbranched alkanes of at least 4 members (excludes halogenated alkanes) is 1. The first-order valence-electron chi connectivity index (χ1n) is 5.72. The summed E-state index contributed by atoms with van der Waals surface area (Å²) in [7, 11) is 0. The Kier molecular flexibility index (Phi) is 4.39. The molecule has 1 rings (SSSR count). The molecule has 1 N–H and O–H groups in total. The topological polar surface area (TPSA) is 32.3 Å². The van der Waals surface area contributed by atoms with Crippen molar-refractivity contribution < 1.29 is 4.79 Å². The fraction of sp³-hybridized carbons (Fsp3) is 0.909. The number of hydrogen-bond acceptors (Lipinski definition) is 2. The Morgan fingerprint density at radius 3 is 2.86 bits per heavy atom. The predicted molar refractivity (Wildman–Crippen MR) is 57.9 cm³/mol. The van der Waals surface area contributed by atoms with Gasteiger partial charge in [-0.3, -0.25) is 10.1 Å². The molecule has 0 saturated carbocycles. The lowest BCUT2D eigenvalue weighted by Crippen LogP contribution is -2.35. The van der Waals surface area contributed by atoms with E-state index in [-0.39, 0.29) is 6.04 Å². The molecule has 1 aliphatic rings. The van der Waals surface area contributed by atoms with Crippen LogP contribution in [0.1, 0.15) is 40.0 Å². The van der Waals surface area contributed by atoms with Gasteiger partial charge in [0.2, 0.25) is 5.91 Å². The second-order valence-electron chi connectivity index (χ2n) is 4.18. The molecule has 1 amide bonds. The van der Waals surface area contributed by atoms with Crippen molar-refractivity contribution >= 4 is 5.91 Å². The molecule has 0 aromatic carbocycles. The van der Waals surface area contributed by atoms with Crippen LogP contribution in [0, 0.1) is 5.92 Å². The van der Waals surface area contributed by atoms with E-state index in [0.29, 0.717) is 11.8 Å². The highest BCUT2D eigenvalue weighted by Crippen LogP contribution is 2.15. The number of nitrogens with zero attached hydrogens (tertiary/aromatic N) is 1. The molecule has 0 aromatic heterocycles. The van der Waals surface area contributed by atoms with Crippen LogP contribution in [0.4, 0.5) is 0 Å². The zero-order chi connectivity index (χ0) is 10.6. The lowest BCUT2D eigenvalue weighted by molar-refractivity contribution is -0.129. The molecular formula is C11H22N2O. The third kappa shape index (κ3) is 2.47. The summed E-state index contributed by atoms with van der Waals surface area (Å²) >= 11 is 0. The summed E-state index contributed by atoms with van der Waals surface area (Å²) < 4.78 is 0. The maximum atomic E-state index is 11.9. The molecule has 1 saturated heterocycles. The van der Waals surface area contributed by atoms with Crippen LogP contribution in [0.2, 0.25) is 0 Å². The Hall–Kier alpha value is -0.570. The quantitative estimate of drug-likeness (QED) is 0.727. The standard InChI is InChI=1S/C11H22N2O/c1-4-6-7-13-8-12-10(11(13)14)9(3)5-2/h9-10,12H,4-8H2,1-3H3. The van der Waals surface area contributed by atoms with Gasteiger partial charge < -0.3 is 4.90 Å². The van der Waals surface area contributed by atoms with Crippen molar-refractivity contribution in [2.24, 2.45) is 5.92 Å². The molecule has 0 spiro atoms. The van der Waals surface area contributed by atoms with E-state index in [9.17, 15) is 4.79 Å². The summed E-state index contributed by atoms with van der Waals surface area (Å²) in [6.07, 6.45) is 3.32. The Morgan fingerprint density at radius 2 is 2.29 bits per heavy atom. The van der Waals surface area contributed by atoms with Crippen LogP contribution in [0.15, 0.2) is 0 Å². The summed E-state index contributed by atoms with van der Waals surface area (Å²) in [4.78, 5) is 13.8. The van der Waals surface area contributed by atoms with Gasteiger partial charge in [-0.25, -0.2) is 0 Å². The maximum Gasteiger partial charge on any atom is 0.241 e. The minimum absolute atomic E-state index is 0.0665. The van der Waals surface area contributed by atoms with Gasteiger partial charge in [0, 0.05) is 6.54 Å². The van der Waals surface area contributed by atoms with Crippen molar-refractivity contribution in [3.63, 3.8) is 0 Å². The van der Waals surface area contributed by atoms with Gasteiger partial charge in [0.15, 0.2) is 0 Å². The van der Waals surface area contributed by atoms with E-state index in [1.165, 1.54) is 0 Å². The summed E-state index contributed by atoms with van der Waals surface area (Å²) in [5.74, 6) is 0.752.